The van der Waals surface area contributed by atoms with Crippen LogP contribution in [0.2, 0.25) is 0 Å². The maximum Gasteiger partial charge on any atom is 0.327 e. The van der Waals surface area contributed by atoms with Crippen LogP contribution in [0.15, 0.2) is 17.1 Å². The molecular formula is C16H23N3O4. The summed E-state index contributed by atoms with van der Waals surface area (Å²) in [6.07, 6.45) is 2.47. The minimum Gasteiger partial charge on any atom is -0.465 e. The summed E-state index contributed by atoms with van der Waals surface area (Å²) in [5.74, 6) is 0.500. The van der Waals surface area contributed by atoms with E-state index in [0.717, 1.165) is 5.56 Å². The third kappa shape index (κ3) is 3.79. The number of fused-ring (bicyclic) bond motifs is 1. The van der Waals surface area contributed by atoms with E-state index < -0.39 is 5.97 Å². The second kappa shape index (κ2) is 7.41. The van der Waals surface area contributed by atoms with Gasteiger partial charge < -0.3 is 9.47 Å². The van der Waals surface area contributed by atoms with Crippen LogP contribution in [0.5, 0.6) is 0 Å². The van der Waals surface area contributed by atoms with Crippen LogP contribution in [-0.4, -0.2) is 40.5 Å². The molecule has 2 aromatic rings. The van der Waals surface area contributed by atoms with Gasteiger partial charge in [0, 0.05) is 19.7 Å². The molecule has 0 radical (unpaired) electrons. The van der Waals surface area contributed by atoms with Gasteiger partial charge in [-0.2, -0.15) is 5.10 Å². The smallest absolute Gasteiger partial charge is 0.327 e. The molecule has 0 spiro atoms. The average molecular weight is 321 g/mol. The van der Waals surface area contributed by atoms with Gasteiger partial charge in [-0.25, -0.2) is 4.68 Å². The Kier molecular flexibility index (Phi) is 5.54. The van der Waals surface area contributed by atoms with Crippen LogP contribution in [0.25, 0.3) is 5.52 Å². The van der Waals surface area contributed by atoms with Crippen LogP contribution in [-0.2, 0) is 27.2 Å². The van der Waals surface area contributed by atoms with Crippen molar-refractivity contribution in [2.24, 2.45) is 0 Å². The lowest BCUT2D eigenvalue weighted by Gasteiger charge is -2.09. The molecule has 0 bridgehead atoms. The highest BCUT2D eigenvalue weighted by molar-refractivity contribution is 5.69. The Bertz CT molecular complexity index is 746. The summed E-state index contributed by atoms with van der Waals surface area (Å²) in [5.41, 5.74) is 1.27. The molecule has 0 saturated heterocycles. The van der Waals surface area contributed by atoms with Gasteiger partial charge >= 0.3 is 5.97 Å². The van der Waals surface area contributed by atoms with Gasteiger partial charge in [0.05, 0.1) is 13.2 Å². The van der Waals surface area contributed by atoms with Crippen molar-refractivity contribution in [2.75, 3.05) is 20.3 Å². The Morgan fingerprint density at radius 3 is 2.74 bits per heavy atom. The molecule has 0 amide bonds. The molecule has 7 heteroatoms. The number of nitrogens with zero attached hydrogens (tertiary/aromatic N) is 3. The van der Waals surface area contributed by atoms with Crippen molar-refractivity contribution >= 4 is 11.5 Å². The van der Waals surface area contributed by atoms with E-state index in [4.69, 9.17) is 9.47 Å². The van der Waals surface area contributed by atoms with E-state index in [0.29, 0.717) is 30.3 Å². The third-order valence-electron chi connectivity index (χ3n) is 3.59. The second-order valence-electron chi connectivity index (χ2n) is 5.61. The first-order valence-electron chi connectivity index (χ1n) is 7.74. The van der Waals surface area contributed by atoms with E-state index >= 15 is 0 Å². The highest BCUT2D eigenvalue weighted by atomic mass is 16.5. The highest BCUT2D eigenvalue weighted by Gasteiger charge is 2.15. The normalized spacial score (nSPS) is 11.3. The van der Waals surface area contributed by atoms with Gasteiger partial charge in [-0.05, 0) is 24.5 Å². The molecule has 7 nitrogen and oxygen atoms in total. The van der Waals surface area contributed by atoms with Crippen molar-refractivity contribution in [2.45, 2.75) is 39.7 Å². The summed E-state index contributed by atoms with van der Waals surface area (Å²) in [7, 11) is 1.61. The van der Waals surface area contributed by atoms with Gasteiger partial charge in [0.1, 0.15) is 17.9 Å². The topological polar surface area (TPSA) is 74.8 Å². The first-order chi connectivity index (χ1) is 11.0. The van der Waals surface area contributed by atoms with Crippen LogP contribution in [0.1, 0.15) is 38.1 Å². The zero-order valence-electron chi connectivity index (χ0n) is 14.0. The minimum absolute atomic E-state index is 0.189. The monoisotopic (exact) mass is 321 g/mol. The summed E-state index contributed by atoms with van der Waals surface area (Å²) in [5, 5.41) is 4.32. The molecule has 0 aliphatic heterocycles. The lowest BCUT2D eigenvalue weighted by Crippen LogP contribution is -2.30. The lowest BCUT2D eigenvalue weighted by atomic mass is 10.1. The number of esters is 1. The zero-order chi connectivity index (χ0) is 17.0. The molecule has 2 rings (SSSR count). The number of rotatable bonds is 7. The third-order valence-corrected chi connectivity index (χ3v) is 3.59. The number of carbonyl (C=O) groups is 1. The number of hydrogen-bond donors (Lipinski definition) is 0. The first-order valence-corrected chi connectivity index (χ1v) is 7.74. The molecule has 0 fully saturated rings. The molecule has 2 aromatic heterocycles. The summed E-state index contributed by atoms with van der Waals surface area (Å²) in [4.78, 5) is 24.3. The van der Waals surface area contributed by atoms with Crippen molar-refractivity contribution in [3.8, 4) is 0 Å². The van der Waals surface area contributed by atoms with Gasteiger partial charge in [0.25, 0.3) is 5.56 Å². The summed E-state index contributed by atoms with van der Waals surface area (Å²) < 4.78 is 13.0. The Morgan fingerprint density at radius 2 is 2.13 bits per heavy atom. The van der Waals surface area contributed by atoms with Gasteiger partial charge in [0.2, 0.25) is 0 Å². The van der Waals surface area contributed by atoms with Crippen molar-refractivity contribution < 1.29 is 14.3 Å². The molecule has 0 aliphatic rings. The van der Waals surface area contributed by atoms with Gasteiger partial charge in [0.15, 0.2) is 0 Å². The second-order valence-corrected chi connectivity index (χ2v) is 5.61. The fraction of sp³-hybridized carbons (Fsp3) is 0.562. The molecular weight excluding hydrogens is 298 g/mol. The fourth-order valence-corrected chi connectivity index (χ4v) is 2.34. The Balaban J connectivity index is 2.53. The molecule has 23 heavy (non-hydrogen) atoms. The van der Waals surface area contributed by atoms with Crippen LogP contribution >= 0.6 is 0 Å². The quantitative estimate of drug-likeness (QED) is 0.720. The predicted octanol–water partition coefficient (Wildman–Crippen LogP) is 1.37. The molecule has 126 valence electrons. The molecule has 2 heterocycles. The minimum atomic E-state index is -0.472. The average Bonchev–Trinajstić information content (AvgIpc) is 2.95. The molecule has 0 aliphatic carbocycles. The van der Waals surface area contributed by atoms with Crippen molar-refractivity contribution in [3.63, 3.8) is 0 Å². The standard InChI is InChI=1S/C16H23N3O4/c1-5-23-15(20)10-19-16(21)13-8-12(11(2)3)9-18(13)14(17-19)6-7-22-4/h8-9,11H,5-7,10H2,1-4H3. The van der Waals surface area contributed by atoms with E-state index in [1.807, 2.05) is 12.3 Å². The van der Waals surface area contributed by atoms with Crippen LogP contribution in [0, 0.1) is 0 Å². The predicted molar refractivity (Wildman–Crippen MR) is 85.8 cm³/mol. The van der Waals surface area contributed by atoms with E-state index in [1.165, 1.54) is 4.68 Å². The van der Waals surface area contributed by atoms with Crippen LogP contribution < -0.4 is 5.56 Å². The fourth-order valence-electron chi connectivity index (χ4n) is 2.34. The van der Waals surface area contributed by atoms with Crippen molar-refractivity contribution in [3.05, 3.63) is 34.0 Å². The Morgan fingerprint density at radius 1 is 1.39 bits per heavy atom. The van der Waals surface area contributed by atoms with E-state index in [1.54, 1.807) is 18.4 Å². The Labute approximate surface area is 134 Å². The number of methoxy groups -OCH3 is 1. The van der Waals surface area contributed by atoms with Crippen molar-refractivity contribution in [1.29, 1.82) is 0 Å². The summed E-state index contributed by atoms with van der Waals surface area (Å²) in [6, 6.07) is 1.85. The lowest BCUT2D eigenvalue weighted by molar-refractivity contribution is -0.144. The maximum absolute atomic E-state index is 12.6. The molecule has 0 aromatic carbocycles. The van der Waals surface area contributed by atoms with E-state index in [-0.39, 0.29) is 18.7 Å². The molecule has 0 N–H and O–H groups in total. The zero-order valence-corrected chi connectivity index (χ0v) is 14.0. The SMILES string of the molecule is CCOC(=O)Cn1nc(CCOC)n2cc(C(C)C)cc2c1=O. The summed E-state index contributed by atoms with van der Waals surface area (Å²) in [6.45, 7) is 6.42. The number of ether oxygens (including phenoxy) is 2. The van der Waals surface area contributed by atoms with Gasteiger partial charge in [-0.15, -0.1) is 0 Å². The molecule has 0 unspecified atom stereocenters. The van der Waals surface area contributed by atoms with Gasteiger partial charge in [-0.3, -0.25) is 14.0 Å². The first kappa shape index (κ1) is 17.2. The van der Waals surface area contributed by atoms with Crippen molar-refractivity contribution in [1.82, 2.24) is 14.2 Å². The number of hydrogen-bond acceptors (Lipinski definition) is 5. The van der Waals surface area contributed by atoms with E-state index in [2.05, 4.69) is 18.9 Å². The molecule has 0 saturated carbocycles. The largest absolute Gasteiger partial charge is 0.465 e. The Hall–Kier alpha value is -2.15. The van der Waals surface area contributed by atoms with Crippen LogP contribution in [0.4, 0.5) is 0 Å². The highest BCUT2D eigenvalue weighted by Crippen LogP contribution is 2.17. The number of carbonyl (C=O) groups excluding carboxylic acids is 1. The number of aromatic nitrogens is 3. The van der Waals surface area contributed by atoms with E-state index in [9.17, 15) is 9.59 Å². The van der Waals surface area contributed by atoms with Crippen LogP contribution in [0.3, 0.4) is 0 Å². The maximum atomic E-state index is 12.6. The van der Waals surface area contributed by atoms with Gasteiger partial charge in [-0.1, -0.05) is 13.8 Å². The molecule has 0 atom stereocenters. The summed E-state index contributed by atoms with van der Waals surface area (Å²) >= 11 is 0.